The third-order valence-corrected chi connectivity index (χ3v) is 8.00. The molecule has 0 amide bonds. The summed E-state index contributed by atoms with van der Waals surface area (Å²) < 4.78 is 3.63. The van der Waals surface area contributed by atoms with Gasteiger partial charge in [-0.15, -0.1) is 5.10 Å². The third kappa shape index (κ3) is 6.07. The lowest BCUT2D eigenvalue weighted by molar-refractivity contribution is 0.0986. The SMILES string of the molecule is Cc1ncc(CC(=O)c2cc(C)n(C(C)(C)C)n2)cc1-n1cc(-c2cncc(N3CCN(CC4CC4)CC3)c2)nn1. The fraction of sp³-hybridized carbons (Fsp3) is 0.484. The van der Waals surface area contributed by atoms with Crippen LogP contribution in [0.5, 0.6) is 0 Å². The molecule has 2 fully saturated rings. The van der Waals surface area contributed by atoms with Crippen LogP contribution in [-0.4, -0.2) is 78.1 Å². The van der Waals surface area contributed by atoms with Crippen molar-refractivity contribution in [3.8, 4) is 16.9 Å². The first-order chi connectivity index (χ1) is 19.6. The topological polar surface area (TPSA) is 97.9 Å². The Hall–Kier alpha value is -3.92. The summed E-state index contributed by atoms with van der Waals surface area (Å²) in [5.74, 6) is 0.889. The third-order valence-electron chi connectivity index (χ3n) is 8.00. The first-order valence-electron chi connectivity index (χ1n) is 14.6. The summed E-state index contributed by atoms with van der Waals surface area (Å²) in [4.78, 5) is 27.2. The standard InChI is InChI=1S/C31H39N9O/c1-21-12-27(35-40(21)31(3,4)5)30(41)14-24-13-29(22(2)33-16-24)39-20-28(34-36-39)25-15-26(18-32-17-25)38-10-8-37(9-11-38)19-23-6-7-23/h12-13,15-18,20,23H,6-11,14,19H2,1-5H3. The molecule has 10 heteroatoms. The van der Waals surface area contributed by atoms with E-state index in [0.29, 0.717) is 5.69 Å². The maximum absolute atomic E-state index is 13.1. The van der Waals surface area contributed by atoms with E-state index in [2.05, 4.69) is 62.0 Å². The van der Waals surface area contributed by atoms with Crippen LogP contribution in [0.3, 0.4) is 0 Å². The monoisotopic (exact) mass is 553 g/mol. The van der Waals surface area contributed by atoms with Gasteiger partial charge in [0.05, 0.1) is 35.0 Å². The van der Waals surface area contributed by atoms with Gasteiger partial charge in [0.25, 0.3) is 0 Å². The Morgan fingerprint density at radius 2 is 1.78 bits per heavy atom. The van der Waals surface area contributed by atoms with Crippen molar-refractivity contribution in [1.82, 2.24) is 39.6 Å². The zero-order valence-corrected chi connectivity index (χ0v) is 24.7. The van der Waals surface area contributed by atoms with Gasteiger partial charge in [0.2, 0.25) is 0 Å². The molecule has 1 saturated heterocycles. The number of aromatic nitrogens is 7. The van der Waals surface area contributed by atoms with E-state index in [1.807, 2.05) is 49.3 Å². The number of hydrogen-bond acceptors (Lipinski definition) is 8. The Morgan fingerprint density at radius 3 is 2.49 bits per heavy atom. The van der Waals surface area contributed by atoms with E-state index >= 15 is 0 Å². The van der Waals surface area contributed by atoms with Crippen LogP contribution in [-0.2, 0) is 12.0 Å². The van der Waals surface area contributed by atoms with Crippen LogP contribution in [0.4, 0.5) is 5.69 Å². The second kappa shape index (κ2) is 10.8. The van der Waals surface area contributed by atoms with Crippen LogP contribution in [0.1, 0.15) is 61.1 Å². The normalized spacial score (nSPS) is 16.4. The Morgan fingerprint density at radius 1 is 1.00 bits per heavy atom. The second-order valence-electron chi connectivity index (χ2n) is 12.5. The van der Waals surface area contributed by atoms with Crippen molar-refractivity contribution >= 4 is 11.5 Å². The van der Waals surface area contributed by atoms with Crippen LogP contribution in [0.15, 0.2) is 43.0 Å². The highest BCUT2D eigenvalue weighted by atomic mass is 16.1. The van der Waals surface area contributed by atoms with Gasteiger partial charge in [0.1, 0.15) is 11.4 Å². The molecule has 6 rings (SSSR count). The Bertz CT molecular complexity index is 1550. The second-order valence-corrected chi connectivity index (χ2v) is 12.5. The van der Waals surface area contributed by atoms with Crippen molar-refractivity contribution in [2.45, 2.75) is 59.4 Å². The number of aryl methyl sites for hydroxylation is 2. The number of piperazine rings is 1. The minimum atomic E-state index is -0.189. The molecule has 1 aliphatic heterocycles. The molecule has 4 aromatic heterocycles. The molecule has 5 heterocycles. The Kier molecular flexibility index (Phi) is 7.19. The number of ketones is 1. The molecule has 10 nitrogen and oxygen atoms in total. The average molecular weight is 554 g/mol. The number of hydrogen-bond donors (Lipinski definition) is 0. The zero-order chi connectivity index (χ0) is 28.7. The molecule has 214 valence electrons. The van der Waals surface area contributed by atoms with E-state index in [9.17, 15) is 4.79 Å². The molecule has 0 aromatic carbocycles. The Balaban J connectivity index is 1.16. The van der Waals surface area contributed by atoms with Gasteiger partial charge in [-0.3, -0.25) is 24.3 Å². The largest absolute Gasteiger partial charge is 0.368 e. The predicted octanol–water partition coefficient (Wildman–Crippen LogP) is 4.25. The molecular weight excluding hydrogens is 514 g/mol. The molecule has 0 N–H and O–H groups in total. The molecule has 0 radical (unpaired) electrons. The molecular formula is C31H39N9O. The van der Waals surface area contributed by atoms with E-state index < -0.39 is 0 Å². The van der Waals surface area contributed by atoms with Crippen LogP contribution in [0.25, 0.3) is 16.9 Å². The molecule has 1 aliphatic carbocycles. The molecule has 0 unspecified atom stereocenters. The van der Waals surface area contributed by atoms with E-state index in [1.54, 1.807) is 10.9 Å². The highest BCUT2D eigenvalue weighted by Crippen LogP contribution is 2.30. The zero-order valence-electron chi connectivity index (χ0n) is 24.7. The summed E-state index contributed by atoms with van der Waals surface area (Å²) in [5.41, 5.74) is 6.44. The lowest BCUT2D eigenvalue weighted by atomic mass is 10.1. The van der Waals surface area contributed by atoms with Gasteiger partial charge in [-0.2, -0.15) is 5.10 Å². The minimum Gasteiger partial charge on any atom is -0.368 e. The highest BCUT2D eigenvalue weighted by Gasteiger charge is 2.27. The summed E-state index contributed by atoms with van der Waals surface area (Å²) in [5, 5.41) is 13.4. The smallest absolute Gasteiger partial charge is 0.187 e. The summed E-state index contributed by atoms with van der Waals surface area (Å²) >= 11 is 0. The van der Waals surface area contributed by atoms with Crippen LogP contribution in [0, 0.1) is 19.8 Å². The summed E-state index contributed by atoms with van der Waals surface area (Å²) in [6.45, 7) is 15.6. The van der Waals surface area contributed by atoms with Crippen molar-refractivity contribution < 1.29 is 4.79 Å². The quantitative estimate of drug-likeness (QED) is 0.299. The molecule has 0 atom stereocenters. The average Bonchev–Trinajstić information content (AvgIpc) is 3.45. The van der Waals surface area contributed by atoms with Crippen LogP contribution >= 0.6 is 0 Å². The highest BCUT2D eigenvalue weighted by molar-refractivity contribution is 5.95. The van der Waals surface area contributed by atoms with Gasteiger partial charge in [0.15, 0.2) is 5.78 Å². The number of rotatable bonds is 8. The molecule has 4 aromatic rings. The fourth-order valence-electron chi connectivity index (χ4n) is 5.57. The van der Waals surface area contributed by atoms with Crippen molar-refractivity contribution in [2.24, 2.45) is 5.92 Å². The van der Waals surface area contributed by atoms with Crippen molar-refractivity contribution in [3.63, 3.8) is 0 Å². The predicted molar refractivity (Wildman–Crippen MR) is 158 cm³/mol. The van der Waals surface area contributed by atoms with Crippen molar-refractivity contribution in [3.05, 3.63) is 65.6 Å². The lowest BCUT2D eigenvalue weighted by Gasteiger charge is -2.36. The minimum absolute atomic E-state index is 0.0387. The maximum Gasteiger partial charge on any atom is 0.187 e. The summed E-state index contributed by atoms with van der Waals surface area (Å²) in [6.07, 6.45) is 10.4. The first-order valence-corrected chi connectivity index (χ1v) is 14.6. The number of pyridine rings is 2. The maximum atomic E-state index is 13.1. The fourth-order valence-corrected chi connectivity index (χ4v) is 5.57. The van der Waals surface area contributed by atoms with E-state index in [4.69, 9.17) is 0 Å². The van der Waals surface area contributed by atoms with E-state index in [1.165, 1.54) is 19.4 Å². The molecule has 0 spiro atoms. The van der Waals surface area contributed by atoms with E-state index in [0.717, 1.165) is 71.7 Å². The molecule has 2 aliphatic rings. The van der Waals surface area contributed by atoms with Gasteiger partial charge in [0, 0.05) is 62.8 Å². The molecule has 0 bridgehead atoms. The lowest BCUT2D eigenvalue weighted by Crippen LogP contribution is -2.47. The van der Waals surface area contributed by atoms with Crippen molar-refractivity contribution in [2.75, 3.05) is 37.6 Å². The summed E-state index contributed by atoms with van der Waals surface area (Å²) in [6, 6.07) is 5.97. The van der Waals surface area contributed by atoms with Crippen LogP contribution < -0.4 is 4.90 Å². The number of anilines is 1. The summed E-state index contributed by atoms with van der Waals surface area (Å²) in [7, 11) is 0. The van der Waals surface area contributed by atoms with Gasteiger partial charge >= 0.3 is 0 Å². The van der Waals surface area contributed by atoms with E-state index in [-0.39, 0.29) is 17.7 Å². The first kappa shape index (κ1) is 27.3. The van der Waals surface area contributed by atoms with Gasteiger partial charge in [-0.05, 0) is 77.1 Å². The number of nitrogens with zero attached hydrogens (tertiary/aromatic N) is 9. The van der Waals surface area contributed by atoms with Gasteiger partial charge in [-0.25, -0.2) is 4.68 Å². The molecule has 41 heavy (non-hydrogen) atoms. The number of Topliss-reactive ketones (excluding diaryl/α,β-unsaturated/α-hetero) is 1. The van der Waals surface area contributed by atoms with Crippen molar-refractivity contribution in [1.29, 1.82) is 0 Å². The van der Waals surface area contributed by atoms with Gasteiger partial charge in [-0.1, -0.05) is 5.21 Å². The van der Waals surface area contributed by atoms with Gasteiger partial charge < -0.3 is 4.90 Å². The molecule has 1 saturated carbocycles. The number of carbonyl (C=O) groups excluding carboxylic acids is 1. The van der Waals surface area contributed by atoms with Crippen LogP contribution in [0.2, 0.25) is 0 Å². The number of carbonyl (C=O) groups is 1. The Labute approximate surface area is 241 Å².